The molecule has 0 spiro atoms. The molecule has 0 unspecified atom stereocenters. The van der Waals surface area contributed by atoms with Gasteiger partial charge in [-0.3, -0.25) is 9.48 Å². The third-order valence-electron chi connectivity index (χ3n) is 3.41. The molecule has 2 aromatic rings. The number of aryl methyl sites for hydroxylation is 1. The number of benzene rings is 1. The van der Waals surface area contributed by atoms with Gasteiger partial charge in [0, 0.05) is 5.56 Å². The van der Waals surface area contributed by atoms with Crippen LogP contribution in [0.4, 0.5) is 0 Å². The van der Waals surface area contributed by atoms with Crippen LogP contribution < -0.4 is 14.9 Å². The zero-order valence-electron chi connectivity index (χ0n) is 14.0. The topological polar surface area (TPSA) is 77.7 Å². The lowest BCUT2D eigenvalue weighted by Crippen LogP contribution is -2.24. The number of methoxy groups -OCH3 is 2. The molecule has 7 nitrogen and oxygen atoms in total. The van der Waals surface area contributed by atoms with E-state index in [1.165, 1.54) is 6.21 Å². The van der Waals surface area contributed by atoms with Gasteiger partial charge in [-0.15, -0.1) is 0 Å². The highest BCUT2D eigenvalue weighted by atomic mass is 79.9. The molecule has 0 aliphatic rings. The number of rotatable bonds is 6. The number of para-hydroxylation sites is 1. The molecule has 24 heavy (non-hydrogen) atoms. The minimum Gasteiger partial charge on any atom is -0.493 e. The van der Waals surface area contributed by atoms with Crippen molar-refractivity contribution in [1.29, 1.82) is 0 Å². The van der Waals surface area contributed by atoms with Crippen LogP contribution in [0.5, 0.6) is 11.5 Å². The maximum Gasteiger partial charge on any atom is 0.261 e. The third kappa shape index (κ3) is 3.94. The molecule has 0 aliphatic heterocycles. The summed E-state index contributed by atoms with van der Waals surface area (Å²) in [5, 5.41) is 8.25. The molecule has 1 N–H and O–H groups in total. The Hall–Kier alpha value is -2.35. The average molecular weight is 395 g/mol. The summed E-state index contributed by atoms with van der Waals surface area (Å²) in [5.41, 5.74) is 4.91. The Morgan fingerprint density at radius 3 is 2.71 bits per heavy atom. The number of hydrogen-bond donors (Lipinski definition) is 1. The zero-order chi connectivity index (χ0) is 17.7. The fourth-order valence-corrected chi connectivity index (χ4v) is 2.47. The van der Waals surface area contributed by atoms with Crippen LogP contribution in [-0.2, 0) is 11.3 Å². The van der Waals surface area contributed by atoms with Crippen LogP contribution in [0.15, 0.2) is 27.8 Å². The van der Waals surface area contributed by atoms with E-state index in [2.05, 4.69) is 31.6 Å². The molecule has 1 amide bonds. The molecule has 0 fully saturated rings. The van der Waals surface area contributed by atoms with Gasteiger partial charge in [-0.05, 0) is 41.9 Å². The summed E-state index contributed by atoms with van der Waals surface area (Å²) in [6, 6.07) is 5.42. The van der Waals surface area contributed by atoms with Gasteiger partial charge in [-0.25, -0.2) is 5.43 Å². The largest absolute Gasteiger partial charge is 0.493 e. The maximum absolute atomic E-state index is 12.0. The summed E-state index contributed by atoms with van der Waals surface area (Å²) in [5.74, 6) is 0.881. The average Bonchev–Trinajstić information content (AvgIpc) is 2.81. The van der Waals surface area contributed by atoms with Gasteiger partial charge in [-0.1, -0.05) is 6.07 Å². The number of aromatic nitrogens is 2. The molecule has 2 rings (SSSR count). The Bertz CT molecular complexity index is 771. The summed E-state index contributed by atoms with van der Waals surface area (Å²) in [6.07, 6.45) is 1.51. The van der Waals surface area contributed by atoms with Crippen LogP contribution in [0.3, 0.4) is 0 Å². The van der Waals surface area contributed by atoms with E-state index in [-0.39, 0.29) is 12.5 Å². The predicted molar refractivity (Wildman–Crippen MR) is 94.7 cm³/mol. The van der Waals surface area contributed by atoms with Crippen LogP contribution >= 0.6 is 15.9 Å². The second-order valence-electron chi connectivity index (χ2n) is 5.02. The number of amides is 1. The number of hydrazone groups is 1. The Morgan fingerprint density at radius 1 is 1.38 bits per heavy atom. The van der Waals surface area contributed by atoms with E-state index in [1.807, 2.05) is 26.0 Å². The summed E-state index contributed by atoms with van der Waals surface area (Å²) in [4.78, 5) is 12.0. The molecule has 128 valence electrons. The van der Waals surface area contributed by atoms with Crippen molar-refractivity contribution < 1.29 is 14.3 Å². The lowest BCUT2D eigenvalue weighted by atomic mass is 10.2. The van der Waals surface area contributed by atoms with Crippen molar-refractivity contribution in [1.82, 2.24) is 15.2 Å². The van der Waals surface area contributed by atoms with Gasteiger partial charge in [0.25, 0.3) is 5.91 Å². The molecule has 1 heterocycles. The Morgan fingerprint density at radius 2 is 2.12 bits per heavy atom. The second-order valence-corrected chi connectivity index (χ2v) is 5.81. The lowest BCUT2D eigenvalue weighted by Gasteiger charge is -2.09. The molecule has 0 saturated heterocycles. The quantitative estimate of drug-likeness (QED) is 0.602. The van der Waals surface area contributed by atoms with Crippen LogP contribution in [0, 0.1) is 13.8 Å². The Balaban J connectivity index is 2.04. The highest BCUT2D eigenvalue weighted by Crippen LogP contribution is 2.29. The second kappa shape index (κ2) is 7.96. The Kier molecular flexibility index (Phi) is 5.97. The SMILES string of the molecule is COc1cccc(C=NNC(=O)Cn2nc(C)c(Br)c2C)c1OC. The molecule has 0 bridgehead atoms. The molecule has 1 aromatic carbocycles. The van der Waals surface area contributed by atoms with Crippen molar-refractivity contribution >= 4 is 28.1 Å². The van der Waals surface area contributed by atoms with Crippen molar-refractivity contribution in [3.8, 4) is 11.5 Å². The van der Waals surface area contributed by atoms with Crippen molar-refractivity contribution in [2.75, 3.05) is 14.2 Å². The lowest BCUT2D eigenvalue weighted by molar-refractivity contribution is -0.121. The van der Waals surface area contributed by atoms with E-state index in [9.17, 15) is 4.79 Å². The number of carbonyl (C=O) groups excluding carboxylic acids is 1. The van der Waals surface area contributed by atoms with E-state index in [0.29, 0.717) is 17.1 Å². The molecule has 0 aliphatic carbocycles. The first-order valence-electron chi connectivity index (χ1n) is 7.20. The van der Waals surface area contributed by atoms with Gasteiger partial charge < -0.3 is 9.47 Å². The van der Waals surface area contributed by atoms with E-state index < -0.39 is 0 Å². The fraction of sp³-hybridized carbons (Fsp3) is 0.312. The van der Waals surface area contributed by atoms with Crippen LogP contribution in [0.25, 0.3) is 0 Å². The van der Waals surface area contributed by atoms with Crippen molar-refractivity contribution in [3.05, 3.63) is 39.6 Å². The maximum atomic E-state index is 12.0. The highest BCUT2D eigenvalue weighted by molar-refractivity contribution is 9.10. The Labute approximate surface area is 148 Å². The summed E-state index contributed by atoms with van der Waals surface area (Å²) < 4.78 is 13.0. The van der Waals surface area contributed by atoms with Gasteiger partial charge in [0.15, 0.2) is 11.5 Å². The first-order valence-corrected chi connectivity index (χ1v) is 7.99. The van der Waals surface area contributed by atoms with E-state index in [0.717, 1.165) is 15.9 Å². The van der Waals surface area contributed by atoms with E-state index in [1.54, 1.807) is 25.0 Å². The number of nitrogens with one attached hydrogen (secondary N) is 1. The van der Waals surface area contributed by atoms with Crippen molar-refractivity contribution in [2.45, 2.75) is 20.4 Å². The van der Waals surface area contributed by atoms with Crippen molar-refractivity contribution in [3.63, 3.8) is 0 Å². The van der Waals surface area contributed by atoms with Crippen LogP contribution in [-0.4, -0.2) is 36.1 Å². The first-order chi connectivity index (χ1) is 11.5. The van der Waals surface area contributed by atoms with E-state index in [4.69, 9.17) is 9.47 Å². The van der Waals surface area contributed by atoms with Gasteiger partial charge in [0.05, 0.1) is 36.3 Å². The number of hydrogen-bond acceptors (Lipinski definition) is 5. The predicted octanol–water partition coefficient (Wildman–Crippen LogP) is 2.43. The highest BCUT2D eigenvalue weighted by Gasteiger charge is 2.11. The van der Waals surface area contributed by atoms with Gasteiger partial charge in [0.2, 0.25) is 0 Å². The van der Waals surface area contributed by atoms with Gasteiger partial charge >= 0.3 is 0 Å². The summed E-state index contributed by atoms with van der Waals surface area (Å²) in [6.45, 7) is 3.85. The molecule has 8 heteroatoms. The van der Waals surface area contributed by atoms with E-state index >= 15 is 0 Å². The molecule has 0 atom stereocenters. The molecular weight excluding hydrogens is 376 g/mol. The molecular formula is C16H19BrN4O3. The van der Waals surface area contributed by atoms with Crippen LogP contribution in [0.1, 0.15) is 17.0 Å². The van der Waals surface area contributed by atoms with Gasteiger partial charge in [-0.2, -0.15) is 10.2 Å². The van der Waals surface area contributed by atoms with Crippen molar-refractivity contribution in [2.24, 2.45) is 5.10 Å². The number of nitrogens with zero attached hydrogens (tertiary/aromatic N) is 3. The fourth-order valence-electron chi connectivity index (χ4n) is 2.19. The number of halogens is 1. The summed E-state index contributed by atoms with van der Waals surface area (Å²) in [7, 11) is 3.11. The standard InChI is InChI=1S/C16H19BrN4O3/c1-10-15(17)11(2)21(20-10)9-14(22)19-18-8-12-6-5-7-13(23-3)16(12)24-4/h5-8H,9H2,1-4H3,(H,19,22). The minimum absolute atomic E-state index is 0.0882. The minimum atomic E-state index is -0.272. The number of ether oxygens (including phenoxy) is 2. The molecule has 0 saturated carbocycles. The molecule has 0 radical (unpaired) electrons. The monoisotopic (exact) mass is 394 g/mol. The van der Waals surface area contributed by atoms with Crippen LogP contribution in [0.2, 0.25) is 0 Å². The third-order valence-corrected chi connectivity index (χ3v) is 4.56. The summed E-state index contributed by atoms with van der Waals surface area (Å²) >= 11 is 3.43. The van der Waals surface area contributed by atoms with Gasteiger partial charge in [0.1, 0.15) is 6.54 Å². The first kappa shape index (κ1) is 18.0. The molecule has 1 aromatic heterocycles. The normalized spacial score (nSPS) is 10.9. The zero-order valence-corrected chi connectivity index (χ0v) is 15.5. The number of carbonyl (C=O) groups is 1. The smallest absolute Gasteiger partial charge is 0.261 e.